The number of aromatic nitrogens is 2. The highest BCUT2D eigenvalue weighted by Gasteiger charge is 2.05. The Morgan fingerprint density at radius 1 is 1.40 bits per heavy atom. The molecule has 1 aromatic heterocycles. The number of phenols is 1. The fraction of sp³-hybridized carbons (Fsp3) is 0.182. The Kier molecular flexibility index (Phi) is 2.33. The number of benzene rings is 1. The minimum Gasteiger partial charge on any atom is -0.508 e. The molecule has 0 aliphatic rings. The third kappa shape index (κ3) is 1.93. The molecule has 78 valence electrons. The zero-order valence-corrected chi connectivity index (χ0v) is 8.51. The number of anilines is 1. The third-order valence-corrected chi connectivity index (χ3v) is 2.33. The van der Waals surface area contributed by atoms with Crippen LogP contribution in [-0.2, 0) is 13.5 Å². The van der Waals surface area contributed by atoms with Crippen LogP contribution in [-0.4, -0.2) is 14.9 Å². The van der Waals surface area contributed by atoms with E-state index >= 15 is 0 Å². The van der Waals surface area contributed by atoms with Crippen molar-refractivity contribution >= 4 is 5.82 Å². The lowest BCUT2D eigenvalue weighted by Gasteiger charge is -2.00. The molecule has 0 unspecified atom stereocenters. The highest BCUT2D eigenvalue weighted by molar-refractivity contribution is 5.38. The van der Waals surface area contributed by atoms with E-state index in [2.05, 4.69) is 5.10 Å². The second-order valence-electron chi connectivity index (χ2n) is 3.49. The smallest absolute Gasteiger partial charge is 0.121 e. The summed E-state index contributed by atoms with van der Waals surface area (Å²) in [4.78, 5) is 0. The van der Waals surface area contributed by atoms with Crippen LogP contribution in [0.4, 0.5) is 5.82 Å². The first-order chi connectivity index (χ1) is 7.16. The van der Waals surface area contributed by atoms with Crippen molar-refractivity contribution in [2.45, 2.75) is 6.42 Å². The average molecular weight is 203 g/mol. The normalized spacial score (nSPS) is 10.5. The summed E-state index contributed by atoms with van der Waals surface area (Å²) < 4.78 is 1.62. The lowest BCUT2D eigenvalue weighted by Crippen LogP contribution is -1.97. The zero-order valence-electron chi connectivity index (χ0n) is 8.51. The topological polar surface area (TPSA) is 64.1 Å². The van der Waals surface area contributed by atoms with Crippen molar-refractivity contribution in [3.8, 4) is 5.75 Å². The summed E-state index contributed by atoms with van der Waals surface area (Å²) in [5.74, 6) is 0.919. The summed E-state index contributed by atoms with van der Waals surface area (Å²) in [6.45, 7) is 0. The van der Waals surface area contributed by atoms with Crippen molar-refractivity contribution in [2.75, 3.05) is 5.73 Å². The van der Waals surface area contributed by atoms with Gasteiger partial charge in [0.1, 0.15) is 11.6 Å². The van der Waals surface area contributed by atoms with Crippen LogP contribution in [0.5, 0.6) is 5.75 Å². The first-order valence-corrected chi connectivity index (χ1v) is 4.72. The quantitative estimate of drug-likeness (QED) is 0.773. The van der Waals surface area contributed by atoms with Gasteiger partial charge in [0.25, 0.3) is 0 Å². The molecule has 0 saturated carbocycles. The molecule has 1 aromatic carbocycles. The van der Waals surface area contributed by atoms with E-state index in [1.165, 1.54) is 0 Å². The molecule has 2 aromatic rings. The van der Waals surface area contributed by atoms with E-state index in [-0.39, 0.29) is 0 Å². The van der Waals surface area contributed by atoms with Crippen molar-refractivity contribution in [3.05, 3.63) is 41.6 Å². The number of nitrogens with zero attached hydrogens (tertiary/aromatic N) is 2. The van der Waals surface area contributed by atoms with E-state index in [0.29, 0.717) is 18.0 Å². The van der Waals surface area contributed by atoms with Crippen LogP contribution in [0.2, 0.25) is 0 Å². The second kappa shape index (κ2) is 3.65. The lowest BCUT2D eigenvalue weighted by atomic mass is 10.1. The molecule has 0 bridgehead atoms. The molecule has 4 nitrogen and oxygen atoms in total. The van der Waals surface area contributed by atoms with Crippen molar-refractivity contribution < 1.29 is 5.11 Å². The van der Waals surface area contributed by atoms with Gasteiger partial charge in [-0.2, -0.15) is 5.10 Å². The molecule has 0 aliphatic carbocycles. The van der Waals surface area contributed by atoms with Gasteiger partial charge >= 0.3 is 0 Å². The maximum atomic E-state index is 9.58. The van der Waals surface area contributed by atoms with Gasteiger partial charge in [-0.3, -0.25) is 4.68 Å². The van der Waals surface area contributed by atoms with Gasteiger partial charge in [0.2, 0.25) is 0 Å². The monoisotopic (exact) mass is 203 g/mol. The van der Waals surface area contributed by atoms with E-state index in [0.717, 1.165) is 11.3 Å². The van der Waals surface area contributed by atoms with Gasteiger partial charge in [-0.05, 0) is 11.6 Å². The molecular formula is C11H13N3O. The van der Waals surface area contributed by atoms with Crippen LogP contribution in [0.25, 0.3) is 0 Å². The number of para-hydroxylation sites is 1. The Morgan fingerprint density at radius 3 is 2.73 bits per heavy atom. The number of hydrogen-bond acceptors (Lipinski definition) is 3. The van der Waals surface area contributed by atoms with Gasteiger partial charge in [-0.25, -0.2) is 0 Å². The molecule has 0 aliphatic heterocycles. The van der Waals surface area contributed by atoms with Crippen molar-refractivity contribution in [1.29, 1.82) is 0 Å². The van der Waals surface area contributed by atoms with E-state index in [9.17, 15) is 5.11 Å². The molecule has 1 heterocycles. The SMILES string of the molecule is Cn1nc(Cc2ccccc2O)cc1N. The second-order valence-corrected chi connectivity index (χ2v) is 3.49. The minimum absolute atomic E-state index is 0.293. The molecular weight excluding hydrogens is 190 g/mol. The molecule has 2 rings (SSSR count). The molecule has 0 radical (unpaired) electrons. The summed E-state index contributed by atoms with van der Waals surface area (Å²) >= 11 is 0. The number of aryl methyl sites for hydroxylation is 1. The first kappa shape index (κ1) is 9.58. The van der Waals surface area contributed by atoms with Crippen LogP contribution in [0.1, 0.15) is 11.3 Å². The van der Waals surface area contributed by atoms with Gasteiger partial charge < -0.3 is 10.8 Å². The highest BCUT2D eigenvalue weighted by atomic mass is 16.3. The molecule has 0 fully saturated rings. The summed E-state index contributed by atoms with van der Waals surface area (Å²) in [6, 6.07) is 9.04. The van der Waals surface area contributed by atoms with Crippen molar-refractivity contribution in [1.82, 2.24) is 9.78 Å². The number of nitrogens with two attached hydrogens (primary N) is 1. The van der Waals surface area contributed by atoms with Gasteiger partial charge in [0.05, 0.1) is 5.69 Å². The molecule has 0 amide bonds. The van der Waals surface area contributed by atoms with Crippen molar-refractivity contribution in [2.24, 2.45) is 7.05 Å². The highest BCUT2D eigenvalue weighted by Crippen LogP contribution is 2.19. The minimum atomic E-state index is 0.293. The number of aromatic hydroxyl groups is 1. The van der Waals surface area contributed by atoms with E-state index in [1.54, 1.807) is 23.9 Å². The molecule has 4 heteroatoms. The summed E-state index contributed by atoms with van der Waals surface area (Å²) in [7, 11) is 1.80. The molecule has 3 N–H and O–H groups in total. The van der Waals surface area contributed by atoms with E-state index in [1.807, 2.05) is 18.2 Å². The standard InChI is InChI=1S/C11H13N3O/c1-14-11(12)7-9(13-14)6-8-4-2-3-5-10(8)15/h2-5,7,15H,6,12H2,1H3. The van der Waals surface area contributed by atoms with Crippen LogP contribution in [0.3, 0.4) is 0 Å². The van der Waals surface area contributed by atoms with Crippen molar-refractivity contribution in [3.63, 3.8) is 0 Å². The predicted octanol–water partition coefficient (Wildman–Crippen LogP) is 1.30. The van der Waals surface area contributed by atoms with Crippen LogP contribution in [0, 0.1) is 0 Å². The number of nitrogen functional groups attached to an aromatic ring is 1. The summed E-state index contributed by atoms with van der Waals surface area (Å²) in [6.07, 6.45) is 0.595. The van der Waals surface area contributed by atoms with E-state index < -0.39 is 0 Å². The molecule has 15 heavy (non-hydrogen) atoms. The van der Waals surface area contributed by atoms with E-state index in [4.69, 9.17) is 5.73 Å². The Labute approximate surface area is 88.0 Å². The molecule has 0 spiro atoms. The summed E-state index contributed by atoms with van der Waals surface area (Å²) in [5.41, 5.74) is 7.39. The predicted molar refractivity (Wildman–Crippen MR) is 58.5 cm³/mol. The average Bonchev–Trinajstić information content (AvgIpc) is 2.50. The fourth-order valence-electron chi connectivity index (χ4n) is 1.49. The summed E-state index contributed by atoms with van der Waals surface area (Å²) in [5, 5.41) is 13.8. The Bertz CT molecular complexity index is 457. The van der Waals surface area contributed by atoms with Crippen LogP contribution in [0.15, 0.2) is 30.3 Å². The van der Waals surface area contributed by atoms with Gasteiger partial charge in [-0.1, -0.05) is 18.2 Å². The first-order valence-electron chi connectivity index (χ1n) is 4.72. The maximum Gasteiger partial charge on any atom is 0.121 e. The number of rotatable bonds is 2. The number of phenolic OH excluding ortho intramolecular Hbond substituents is 1. The molecule has 0 saturated heterocycles. The fourth-order valence-corrected chi connectivity index (χ4v) is 1.49. The van der Waals surface area contributed by atoms with Gasteiger partial charge in [0, 0.05) is 19.5 Å². The third-order valence-electron chi connectivity index (χ3n) is 2.33. The van der Waals surface area contributed by atoms with Crippen LogP contribution < -0.4 is 5.73 Å². The maximum absolute atomic E-state index is 9.58. The lowest BCUT2D eigenvalue weighted by molar-refractivity contribution is 0.469. The molecule has 0 atom stereocenters. The Morgan fingerprint density at radius 2 is 2.13 bits per heavy atom. The van der Waals surface area contributed by atoms with Gasteiger partial charge in [0.15, 0.2) is 0 Å². The largest absolute Gasteiger partial charge is 0.508 e. The number of hydrogen-bond donors (Lipinski definition) is 2. The Hall–Kier alpha value is -1.97. The van der Waals surface area contributed by atoms with Gasteiger partial charge in [-0.15, -0.1) is 0 Å². The Balaban J connectivity index is 2.26. The zero-order chi connectivity index (χ0) is 10.8. The van der Waals surface area contributed by atoms with Crippen LogP contribution >= 0.6 is 0 Å².